The number of carbonyl (C=O) groups excluding carboxylic acids is 1. The minimum Gasteiger partial charge on any atom is -0.372 e. The van der Waals surface area contributed by atoms with Crippen molar-refractivity contribution in [2.75, 3.05) is 32.1 Å². The smallest absolute Gasteiger partial charge is 0.254 e. The Balaban J connectivity index is 1.78. The molecular weight excluding hydrogens is 282 g/mol. The molecule has 0 unspecified atom stereocenters. The maximum atomic E-state index is 12.5. The summed E-state index contributed by atoms with van der Waals surface area (Å²) < 4.78 is 5.77. The van der Waals surface area contributed by atoms with Gasteiger partial charge >= 0.3 is 0 Å². The molecule has 0 saturated carbocycles. The van der Waals surface area contributed by atoms with Crippen LogP contribution < -0.4 is 5.32 Å². The number of hydrogen-bond acceptors (Lipinski definition) is 6. The third-order valence-electron chi connectivity index (χ3n) is 3.55. The van der Waals surface area contributed by atoms with Gasteiger partial charge < -0.3 is 15.0 Å². The average molecular weight is 299 g/mol. The zero-order valence-corrected chi connectivity index (χ0v) is 12.3. The molecular formula is C15H17N5O2. The van der Waals surface area contributed by atoms with Gasteiger partial charge in [0.1, 0.15) is 17.6 Å². The number of nitrogens with one attached hydrogen (secondary N) is 1. The fourth-order valence-electron chi connectivity index (χ4n) is 2.45. The summed E-state index contributed by atoms with van der Waals surface area (Å²) in [6.45, 7) is 1.49. The second-order valence-electron chi connectivity index (χ2n) is 4.89. The van der Waals surface area contributed by atoms with E-state index in [4.69, 9.17) is 4.74 Å². The van der Waals surface area contributed by atoms with E-state index in [0.717, 1.165) is 5.69 Å². The number of hydrogen-bond donors (Lipinski definition) is 1. The summed E-state index contributed by atoms with van der Waals surface area (Å²) in [5, 5.41) is 3.00. The lowest BCUT2D eigenvalue weighted by molar-refractivity contribution is -0.0245. The maximum absolute atomic E-state index is 12.5. The van der Waals surface area contributed by atoms with Gasteiger partial charge in [0, 0.05) is 43.9 Å². The largest absolute Gasteiger partial charge is 0.372 e. The molecule has 0 aromatic carbocycles. The van der Waals surface area contributed by atoms with E-state index in [1.165, 1.54) is 0 Å². The number of rotatable bonds is 3. The zero-order valence-electron chi connectivity index (χ0n) is 12.3. The Labute approximate surface area is 128 Å². The van der Waals surface area contributed by atoms with Crippen LogP contribution in [0.3, 0.4) is 0 Å². The number of aromatic nitrogens is 3. The fraction of sp³-hybridized carbons (Fsp3) is 0.333. The predicted molar refractivity (Wildman–Crippen MR) is 80.4 cm³/mol. The molecule has 0 aliphatic carbocycles. The van der Waals surface area contributed by atoms with Crippen molar-refractivity contribution in [2.24, 2.45) is 0 Å². The van der Waals surface area contributed by atoms with Crippen molar-refractivity contribution in [3.05, 3.63) is 48.2 Å². The summed E-state index contributed by atoms with van der Waals surface area (Å²) in [6.07, 6.45) is 6.21. The lowest BCUT2D eigenvalue weighted by Crippen LogP contribution is -2.42. The Hall–Kier alpha value is -2.54. The average Bonchev–Trinajstić information content (AvgIpc) is 2.62. The van der Waals surface area contributed by atoms with Crippen molar-refractivity contribution >= 4 is 11.7 Å². The van der Waals surface area contributed by atoms with Gasteiger partial charge in [-0.3, -0.25) is 14.8 Å². The van der Waals surface area contributed by atoms with Crippen LogP contribution in [0.1, 0.15) is 22.2 Å². The highest BCUT2D eigenvalue weighted by atomic mass is 16.5. The number of morpholine rings is 1. The highest BCUT2D eigenvalue weighted by molar-refractivity contribution is 5.94. The molecule has 1 atom stereocenters. The van der Waals surface area contributed by atoms with Gasteiger partial charge in [0.2, 0.25) is 0 Å². The molecule has 0 bridgehead atoms. The van der Waals surface area contributed by atoms with Crippen molar-refractivity contribution < 1.29 is 9.53 Å². The number of ether oxygens (including phenoxy) is 1. The van der Waals surface area contributed by atoms with Gasteiger partial charge in [-0.2, -0.15) is 0 Å². The third kappa shape index (κ3) is 2.89. The summed E-state index contributed by atoms with van der Waals surface area (Å²) in [6, 6.07) is 3.43. The summed E-state index contributed by atoms with van der Waals surface area (Å²) in [7, 11) is 1.79. The standard InChI is InChI=1S/C15H17N5O2/c1-16-14-13(18-6-7-19-14)12-10-20(8-9-22-12)15(21)11-2-4-17-5-3-11/h2-7,12H,8-10H2,1H3,(H,16,19)/t12-/m0/s1. The highest BCUT2D eigenvalue weighted by Gasteiger charge is 2.28. The van der Waals surface area contributed by atoms with Crippen molar-refractivity contribution in [1.29, 1.82) is 0 Å². The molecule has 1 fully saturated rings. The van der Waals surface area contributed by atoms with Crippen LogP contribution in [-0.4, -0.2) is 52.5 Å². The number of anilines is 1. The van der Waals surface area contributed by atoms with Crippen LogP contribution in [0.4, 0.5) is 5.82 Å². The van der Waals surface area contributed by atoms with Gasteiger partial charge in [-0.15, -0.1) is 0 Å². The monoisotopic (exact) mass is 299 g/mol. The Morgan fingerprint density at radius 1 is 1.27 bits per heavy atom. The van der Waals surface area contributed by atoms with Crippen LogP contribution in [-0.2, 0) is 4.74 Å². The van der Waals surface area contributed by atoms with E-state index in [1.807, 2.05) is 0 Å². The molecule has 1 N–H and O–H groups in total. The van der Waals surface area contributed by atoms with Crippen LogP contribution in [0.2, 0.25) is 0 Å². The van der Waals surface area contributed by atoms with E-state index in [1.54, 1.807) is 48.9 Å². The van der Waals surface area contributed by atoms with Gasteiger partial charge in [-0.25, -0.2) is 4.98 Å². The van der Waals surface area contributed by atoms with Crippen LogP contribution in [0.5, 0.6) is 0 Å². The van der Waals surface area contributed by atoms with E-state index in [-0.39, 0.29) is 12.0 Å². The van der Waals surface area contributed by atoms with Crippen molar-refractivity contribution in [1.82, 2.24) is 19.9 Å². The maximum Gasteiger partial charge on any atom is 0.254 e. The van der Waals surface area contributed by atoms with Crippen LogP contribution in [0.15, 0.2) is 36.9 Å². The quantitative estimate of drug-likeness (QED) is 0.915. The minimum absolute atomic E-state index is 0.0226. The van der Waals surface area contributed by atoms with Crippen LogP contribution >= 0.6 is 0 Å². The molecule has 1 aliphatic rings. The molecule has 1 amide bonds. The predicted octanol–water partition coefficient (Wildman–Crippen LogP) is 1.13. The SMILES string of the molecule is CNc1nccnc1[C@@H]1CN(C(=O)c2ccncc2)CCO1. The molecule has 2 aromatic heterocycles. The first-order chi connectivity index (χ1) is 10.8. The second-order valence-corrected chi connectivity index (χ2v) is 4.89. The first-order valence-electron chi connectivity index (χ1n) is 7.09. The van der Waals surface area contributed by atoms with E-state index in [9.17, 15) is 4.79 Å². The molecule has 7 heteroatoms. The van der Waals surface area contributed by atoms with Gasteiger partial charge in [0.25, 0.3) is 5.91 Å². The van der Waals surface area contributed by atoms with Crippen molar-refractivity contribution in [3.63, 3.8) is 0 Å². The molecule has 0 spiro atoms. The summed E-state index contributed by atoms with van der Waals surface area (Å²) in [4.78, 5) is 26.8. The van der Waals surface area contributed by atoms with Crippen molar-refractivity contribution in [3.8, 4) is 0 Å². The summed E-state index contributed by atoms with van der Waals surface area (Å²) >= 11 is 0. The zero-order chi connectivity index (χ0) is 15.4. The molecule has 114 valence electrons. The van der Waals surface area contributed by atoms with E-state index in [0.29, 0.717) is 31.1 Å². The topological polar surface area (TPSA) is 80.2 Å². The van der Waals surface area contributed by atoms with E-state index in [2.05, 4.69) is 20.3 Å². The minimum atomic E-state index is -0.282. The second kappa shape index (κ2) is 6.48. The van der Waals surface area contributed by atoms with E-state index >= 15 is 0 Å². The highest BCUT2D eigenvalue weighted by Crippen LogP contribution is 2.25. The first kappa shape index (κ1) is 14.4. The van der Waals surface area contributed by atoms with Gasteiger partial charge in [-0.05, 0) is 12.1 Å². The lowest BCUT2D eigenvalue weighted by atomic mass is 10.1. The first-order valence-corrected chi connectivity index (χ1v) is 7.09. The third-order valence-corrected chi connectivity index (χ3v) is 3.55. The van der Waals surface area contributed by atoms with Gasteiger partial charge in [0.05, 0.1) is 13.2 Å². The Kier molecular flexibility index (Phi) is 4.24. The molecule has 3 heterocycles. The van der Waals surface area contributed by atoms with Crippen LogP contribution in [0.25, 0.3) is 0 Å². The van der Waals surface area contributed by atoms with Crippen molar-refractivity contribution in [2.45, 2.75) is 6.10 Å². The fourth-order valence-corrected chi connectivity index (χ4v) is 2.45. The molecule has 1 saturated heterocycles. The summed E-state index contributed by atoms with van der Waals surface area (Å²) in [5.41, 5.74) is 1.35. The molecule has 7 nitrogen and oxygen atoms in total. The molecule has 0 radical (unpaired) electrons. The van der Waals surface area contributed by atoms with E-state index < -0.39 is 0 Å². The normalized spacial score (nSPS) is 18.0. The number of amides is 1. The number of carbonyl (C=O) groups is 1. The molecule has 22 heavy (non-hydrogen) atoms. The number of nitrogens with zero attached hydrogens (tertiary/aromatic N) is 4. The summed E-state index contributed by atoms with van der Waals surface area (Å²) in [5.74, 6) is 0.649. The lowest BCUT2D eigenvalue weighted by Gasteiger charge is -2.33. The Morgan fingerprint density at radius 2 is 2.05 bits per heavy atom. The Bertz CT molecular complexity index is 649. The van der Waals surface area contributed by atoms with Crippen LogP contribution in [0, 0.1) is 0 Å². The van der Waals surface area contributed by atoms with Gasteiger partial charge in [0.15, 0.2) is 0 Å². The number of pyridine rings is 1. The molecule has 1 aliphatic heterocycles. The molecule has 2 aromatic rings. The Morgan fingerprint density at radius 3 is 2.82 bits per heavy atom. The molecule has 3 rings (SSSR count). The van der Waals surface area contributed by atoms with Gasteiger partial charge in [-0.1, -0.05) is 0 Å².